The summed E-state index contributed by atoms with van der Waals surface area (Å²) in [5, 5.41) is 2.65. The van der Waals surface area contributed by atoms with Crippen LogP contribution in [-0.2, 0) is 5.41 Å². The third-order valence-corrected chi connectivity index (χ3v) is 15.2. The zero-order chi connectivity index (χ0) is 38.5. The van der Waals surface area contributed by atoms with Crippen LogP contribution in [0.15, 0.2) is 176 Å². The van der Waals surface area contributed by atoms with E-state index in [1.165, 1.54) is 129 Å². The molecule has 3 saturated carbocycles. The molecule has 3 aliphatic carbocycles. The molecule has 58 heavy (non-hydrogen) atoms. The molecular formula is C55H50N2S. The van der Waals surface area contributed by atoms with Crippen molar-refractivity contribution in [2.45, 2.75) is 69.1 Å². The summed E-state index contributed by atoms with van der Waals surface area (Å²) in [4.78, 5) is 4.90. The molecule has 0 radical (unpaired) electrons. The van der Waals surface area contributed by atoms with Crippen LogP contribution in [0.2, 0.25) is 0 Å². The Balaban J connectivity index is 0.962. The number of nitrogens with zero attached hydrogens (tertiary/aromatic N) is 2. The Morgan fingerprint density at radius 3 is 1.62 bits per heavy atom. The number of fused-ring (bicyclic) bond motifs is 5. The third-order valence-electron chi connectivity index (χ3n) is 14.0. The largest absolute Gasteiger partial charge is 0.311 e. The average Bonchev–Trinajstić information content (AvgIpc) is 4.03. The topological polar surface area (TPSA) is 6.48 Å². The molecule has 1 aromatic heterocycles. The van der Waals surface area contributed by atoms with Crippen molar-refractivity contribution in [1.82, 2.24) is 0 Å². The van der Waals surface area contributed by atoms with Crippen molar-refractivity contribution in [2.24, 2.45) is 11.8 Å². The number of hydrogen-bond donors (Lipinski definition) is 0. The van der Waals surface area contributed by atoms with Crippen LogP contribution in [0.1, 0.15) is 80.4 Å². The molecule has 8 aromatic rings. The number of thiophene rings is 1. The molecule has 2 bridgehead atoms. The summed E-state index contributed by atoms with van der Waals surface area (Å²) in [5.74, 6) is 2.15. The van der Waals surface area contributed by atoms with E-state index in [2.05, 4.69) is 186 Å². The normalized spacial score (nSPS) is 20.5. The Labute approximate surface area is 347 Å². The van der Waals surface area contributed by atoms with Crippen molar-refractivity contribution in [1.29, 1.82) is 0 Å². The fraction of sp³-hybridized carbons (Fsp3) is 0.236. The minimum absolute atomic E-state index is 0.0161. The molecule has 0 spiro atoms. The van der Waals surface area contributed by atoms with E-state index in [-0.39, 0.29) is 5.41 Å². The highest BCUT2D eigenvalue weighted by molar-refractivity contribution is 7.26. The number of rotatable bonds is 9. The summed E-state index contributed by atoms with van der Waals surface area (Å²) < 4.78 is 2.66. The minimum atomic E-state index is 0.0161. The van der Waals surface area contributed by atoms with Crippen molar-refractivity contribution >= 4 is 65.6 Å². The second-order valence-corrected chi connectivity index (χ2v) is 18.2. The van der Waals surface area contributed by atoms with Gasteiger partial charge in [-0.15, -0.1) is 11.3 Å². The van der Waals surface area contributed by atoms with E-state index in [0.717, 1.165) is 5.92 Å². The Morgan fingerprint density at radius 1 is 0.448 bits per heavy atom. The van der Waals surface area contributed by atoms with E-state index in [1.807, 2.05) is 11.3 Å². The molecular weight excluding hydrogens is 721 g/mol. The standard InChI is InChI=1S/C55H50N2S/c1-4-13-40(14-5-1)41-24-31-47(32-25-41)56(45-15-6-2-7-16-45)48-33-27-42(28-34-48)55(38-39-23-26-44(55)37-39)43-29-35-49(36-30-43)57(46-17-8-3-9-18-46)52-21-12-20-51-50-19-10-11-22-53(50)58-54(51)52/h2-3,6-12,15-22,24-25,27-36,39-40,44H,1,4-5,13-14,23,26,37-38H2. The highest BCUT2D eigenvalue weighted by Crippen LogP contribution is 2.60. The molecule has 3 atom stereocenters. The molecule has 3 unspecified atom stereocenters. The molecule has 3 heteroatoms. The molecule has 3 fully saturated rings. The molecule has 0 amide bonds. The van der Waals surface area contributed by atoms with Gasteiger partial charge in [-0.3, -0.25) is 0 Å². The monoisotopic (exact) mass is 770 g/mol. The van der Waals surface area contributed by atoms with E-state index in [1.54, 1.807) is 0 Å². The SMILES string of the molecule is c1ccc(N(c2ccc(C3CCCCC3)cc2)c2ccc(C3(c4ccc(N(c5ccccc5)c5cccc6c5sc5ccccc56)cc4)CC4CCC3C4)cc2)cc1. The lowest BCUT2D eigenvalue weighted by Crippen LogP contribution is -2.34. The lowest BCUT2D eigenvalue weighted by atomic mass is 9.64. The maximum absolute atomic E-state index is 2.47. The van der Waals surface area contributed by atoms with Crippen molar-refractivity contribution < 1.29 is 0 Å². The van der Waals surface area contributed by atoms with Crippen LogP contribution in [0.25, 0.3) is 20.2 Å². The molecule has 0 aliphatic heterocycles. The smallest absolute Gasteiger partial charge is 0.0640 e. The average molecular weight is 771 g/mol. The fourth-order valence-corrected chi connectivity index (χ4v) is 12.5. The van der Waals surface area contributed by atoms with Gasteiger partial charge in [0.15, 0.2) is 0 Å². The van der Waals surface area contributed by atoms with Gasteiger partial charge in [0, 0.05) is 49.3 Å². The minimum Gasteiger partial charge on any atom is -0.311 e. The Hall–Kier alpha value is -5.64. The summed E-state index contributed by atoms with van der Waals surface area (Å²) in [6.45, 7) is 0. The van der Waals surface area contributed by atoms with Gasteiger partial charge in [0.05, 0.1) is 10.4 Å². The van der Waals surface area contributed by atoms with E-state index in [4.69, 9.17) is 0 Å². The molecule has 11 rings (SSSR count). The number of hydrogen-bond acceptors (Lipinski definition) is 3. The van der Waals surface area contributed by atoms with Crippen LogP contribution < -0.4 is 9.80 Å². The third kappa shape index (κ3) is 6.14. The molecule has 1 heterocycles. The van der Waals surface area contributed by atoms with Gasteiger partial charge in [0.25, 0.3) is 0 Å². The van der Waals surface area contributed by atoms with Crippen LogP contribution in [0.3, 0.4) is 0 Å². The van der Waals surface area contributed by atoms with Crippen molar-refractivity contribution in [3.05, 3.63) is 193 Å². The highest BCUT2D eigenvalue weighted by atomic mass is 32.1. The second kappa shape index (κ2) is 14.9. The van der Waals surface area contributed by atoms with Crippen LogP contribution >= 0.6 is 11.3 Å². The summed E-state index contributed by atoms with van der Waals surface area (Å²) in [7, 11) is 0. The van der Waals surface area contributed by atoms with Crippen LogP contribution in [0.5, 0.6) is 0 Å². The first-order valence-corrected chi connectivity index (χ1v) is 22.5. The van der Waals surface area contributed by atoms with Gasteiger partial charge in [-0.05, 0) is 139 Å². The Bertz CT molecular complexity index is 2660. The van der Waals surface area contributed by atoms with Crippen LogP contribution in [0.4, 0.5) is 34.1 Å². The van der Waals surface area contributed by atoms with Crippen molar-refractivity contribution in [2.75, 3.05) is 9.80 Å². The quantitative estimate of drug-likeness (QED) is 0.144. The lowest BCUT2D eigenvalue weighted by molar-refractivity contribution is 0.320. The van der Waals surface area contributed by atoms with E-state index in [0.29, 0.717) is 11.8 Å². The first-order chi connectivity index (χ1) is 28.7. The predicted molar refractivity (Wildman–Crippen MR) is 247 cm³/mol. The molecule has 0 N–H and O–H groups in total. The first kappa shape index (κ1) is 35.5. The first-order valence-electron chi connectivity index (χ1n) is 21.6. The summed E-state index contributed by atoms with van der Waals surface area (Å²) in [5.41, 5.74) is 11.7. The van der Waals surface area contributed by atoms with E-state index in [9.17, 15) is 0 Å². The molecule has 2 nitrogen and oxygen atoms in total. The summed E-state index contributed by atoms with van der Waals surface area (Å²) in [6, 6.07) is 66.3. The van der Waals surface area contributed by atoms with Crippen LogP contribution in [-0.4, -0.2) is 0 Å². The molecule has 0 saturated heterocycles. The zero-order valence-electron chi connectivity index (χ0n) is 33.1. The predicted octanol–water partition coefficient (Wildman–Crippen LogP) is 16.1. The Kier molecular flexibility index (Phi) is 9.15. The van der Waals surface area contributed by atoms with Crippen LogP contribution in [0, 0.1) is 11.8 Å². The lowest BCUT2D eigenvalue weighted by Gasteiger charge is -2.40. The van der Waals surface area contributed by atoms with E-state index < -0.39 is 0 Å². The zero-order valence-corrected chi connectivity index (χ0v) is 34.0. The van der Waals surface area contributed by atoms with Gasteiger partial charge in [0.2, 0.25) is 0 Å². The number of anilines is 6. The van der Waals surface area contributed by atoms with Gasteiger partial charge in [0.1, 0.15) is 0 Å². The maximum Gasteiger partial charge on any atom is 0.0640 e. The molecule has 7 aromatic carbocycles. The summed E-state index contributed by atoms with van der Waals surface area (Å²) in [6.07, 6.45) is 12.0. The fourth-order valence-electron chi connectivity index (χ4n) is 11.3. The van der Waals surface area contributed by atoms with E-state index >= 15 is 0 Å². The van der Waals surface area contributed by atoms with Gasteiger partial charge in [-0.2, -0.15) is 0 Å². The number of benzene rings is 7. The highest BCUT2D eigenvalue weighted by Gasteiger charge is 2.52. The van der Waals surface area contributed by atoms with Crippen molar-refractivity contribution in [3.8, 4) is 0 Å². The van der Waals surface area contributed by atoms with Gasteiger partial charge in [-0.1, -0.05) is 129 Å². The van der Waals surface area contributed by atoms with Crippen molar-refractivity contribution in [3.63, 3.8) is 0 Å². The Morgan fingerprint density at radius 2 is 1.00 bits per heavy atom. The maximum atomic E-state index is 2.47. The number of para-hydroxylation sites is 2. The molecule has 286 valence electrons. The second-order valence-electron chi connectivity index (χ2n) is 17.2. The molecule has 3 aliphatic rings. The summed E-state index contributed by atoms with van der Waals surface area (Å²) >= 11 is 1.90. The van der Waals surface area contributed by atoms with Gasteiger partial charge >= 0.3 is 0 Å². The van der Waals surface area contributed by atoms with Gasteiger partial charge in [-0.25, -0.2) is 0 Å². The van der Waals surface area contributed by atoms with Gasteiger partial charge < -0.3 is 9.80 Å².